The molecule has 218 valence electrons. The highest BCUT2D eigenvalue weighted by Gasteiger charge is 2.41. The number of benzene rings is 2. The molecule has 2 heterocycles. The second kappa shape index (κ2) is 13.0. The molecule has 1 N–H and O–H groups in total. The molecule has 3 fully saturated rings. The molecular weight excluding hydrogens is 520 g/mol. The summed E-state index contributed by atoms with van der Waals surface area (Å²) in [5, 5.41) is 10.1. The molecule has 1 aliphatic carbocycles. The van der Waals surface area contributed by atoms with Crippen LogP contribution in [0.3, 0.4) is 0 Å². The standard InChI is InChI=1S/C32H40F4N2O2/c33-25-8-3-7-23(15-25)28-20-38(31(32(39)40)14-22-5-1-6-22)19-24(28)18-37-12-10-21(11-13-37)4-2-9-27-29(35)16-26(34)17-30(27)36/h3,7-8,15-17,21-22,24,28,31H,1-2,4-6,9-14,18-20H2,(H,39,40)/t24-,28+,31+/m0/s1. The zero-order valence-corrected chi connectivity index (χ0v) is 23.0. The number of carboxylic acids is 1. The lowest BCUT2D eigenvalue weighted by atomic mass is 9.80. The Labute approximate surface area is 234 Å². The summed E-state index contributed by atoms with van der Waals surface area (Å²) < 4.78 is 55.2. The number of carboxylic acid groups (broad SMARTS) is 1. The topological polar surface area (TPSA) is 43.8 Å². The van der Waals surface area contributed by atoms with Crippen molar-refractivity contribution in [2.24, 2.45) is 17.8 Å². The molecule has 0 amide bonds. The van der Waals surface area contributed by atoms with Crippen LogP contribution in [0.15, 0.2) is 36.4 Å². The Balaban J connectivity index is 1.16. The van der Waals surface area contributed by atoms with E-state index in [1.54, 1.807) is 12.1 Å². The van der Waals surface area contributed by atoms with Crippen LogP contribution in [0.5, 0.6) is 0 Å². The Kier molecular flexibility index (Phi) is 9.46. The van der Waals surface area contributed by atoms with Crippen LogP contribution < -0.4 is 0 Å². The zero-order valence-electron chi connectivity index (χ0n) is 23.0. The van der Waals surface area contributed by atoms with E-state index >= 15 is 0 Å². The molecule has 40 heavy (non-hydrogen) atoms. The molecule has 0 aromatic heterocycles. The average Bonchev–Trinajstić information content (AvgIpc) is 3.29. The molecule has 1 saturated carbocycles. The van der Waals surface area contributed by atoms with Gasteiger partial charge in [-0.25, -0.2) is 17.6 Å². The first-order chi connectivity index (χ1) is 19.3. The number of halogens is 4. The summed E-state index contributed by atoms with van der Waals surface area (Å²) in [5.74, 6) is -2.29. The van der Waals surface area contributed by atoms with E-state index in [4.69, 9.17) is 0 Å². The van der Waals surface area contributed by atoms with Gasteiger partial charge in [0, 0.05) is 43.2 Å². The third-order valence-corrected chi connectivity index (χ3v) is 9.60. The van der Waals surface area contributed by atoms with Crippen LogP contribution in [0, 0.1) is 41.0 Å². The van der Waals surface area contributed by atoms with Crippen LogP contribution in [-0.4, -0.2) is 59.6 Å². The normalized spacial score (nSPS) is 23.8. The molecule has 3 aliphatic rings. The molecule has 8 heteroatoms. The van der Waals surface area contributed by atoms with Gasteiger partial charge >= 0.3 is 5.97 Å². The van der Waals surface area contributed by atoms with Crippen LogP contribution in [0.4, 0.5) is 17.6 Å². The van der Waals surface area contributed by atoms with Gasteiger partial charge in [-0.05, 0) is 80.6 Å². The number of nitrogens with zero attached hydrogens (tertiary/aromatic N) is 2. The Hall–Kier alpha value is -2.45. The van der Waals surface area contributed by atoms with Crippen molar-refractivity contribution in [1.29, 1.82) is 0 Å². The summed E-state index contributed by atoms with van der Waals surface area (Å²) in [4.78, 5) is 16.8. The first-order valence-electron chi connectivity index (χ1n) is 14.8. The molecule has 0 spiro atoms. The number of piperidine rings is 1. The predicted octanol–water partition coefficient (Wildman–Crippen LogP) is 6.64. The molecule has 5 rings (SSSR count). The quantitative estimate of drug-likeness (QED) is 0.313. The summed E-state index contributed by atoms with van der Waals surface area (Å²) in [7, 11) is 0. The van der Waals surface area contributed by atoms with Gasteiger partial charge in [0.2, 0.25) is 0 Å². The number of hydrogen-bond acceptors (Lipinski definition) is 3. The van der Waals surface area contributed by atoms with Gasteiger partial charge in [-0.2, -0.15) is 0 Å². The second-order valence-corrected chi connectivity index (χ2v) is 12.2. The minimum atomic E-state index is -0.895. The van der Waals surface area contributed by atoms with Gasteiger partial charge in [-0.1, -0.05) is 37.8 Å². The Morgan fingerprint density at radius 3 is 2.27 bits per heavy atom. The van der Waals surface area contributed by atoms with E-state index in [0.717, 1.165) is 69.4 Å². The highest BCUT2D eigenvalue weighted by molar-refractivity contribution is 5.73. The number of likely N-dealkylation sites (tertiary alicyclic amines) is 2. The van der Waals surface area contributed by atoms with Gasteiger partial charge in [-0.15, -0.1) is 0 Å². The molecule has 0 radical (unpaired) electrons. The van der Waals surface area contributed by atoms with Gasteiger partial charge in [0.25, 0.3) is 0 Å². The molecule has 2 saturated heterocycles. The van der Waals surface area contributed by atoms with Crippen LogP contribution in [0.1, 0.15) is 68.4 Å². The molecule has 4 nitrogen and oxygen atoms in total. The van der Waals surface area contributed by atoms with Crippen LogP contribution in [-0.2, 0) is 11.2 Å². The molecule has 3 atom stereocenters. The van der Waals surface area contributed by atoms with E-state index in [1.165, 1.54) is 12.5 Å². The Morgan fingerprint density at radius 1 is 0.925 bits per heavy atom. The van der Waals surface area contributed by atoms with E-state index in [2.05, 4.69) is 9.80 Å². The summed E-state index contributed by atoms with van der Waals surface area (Å²) >= 11 is 0. The highest BCUT2D eigenvalue weighted by Crippen LogP contribution is 2.38. The van der Waals surface area contributed by atoms with Crippen LogP contribution in [0.2, 0.25) is 0 Å². The fourth-order valence-electron chi connectivity index (χ4n) is 7.08. The van der Waals surface area contributed by atoms with Crippen molar-refractivity contribution < 1.29 is 27.5 Å². The van der Waals surface area contributed by atoms with Crippen molar-refractivity contribution in [3.05, 3.63) is 70.8 Å². The highest BCUT2D eigenvalue weighted by atomic mass is 19.1. The van der Waals surface area contributed by atoms with Crippen LogP contribution in [0.25, 0.3) is 0 Å². The summed E-state index contributed by atoms with van der Waals surface area (Å²) in [6.45, 7) is 4.00. The maximum atomic E-state index is 14.2. The first kappa shape index (κ1) is 29.1. The van der Waals surface area contributed by atoms with Crippen molar-refractivity contribution in [3.8, 4) is 0 Å². The minimum Gasteiger partial charge on any atom is -0.480 e. The molecule has 2 aromatic rings. The van der Waals surface area contributed by atoms with Crippen molar-refractivity contribution in [2.75, 3.05) is 32.7 Å². The van der Waals surface area contributed by atoms with Crippen molar-refractivity contribution >= 4 is 5.97 Å². The number of rotatable bonds is 11. The first-order valence-corrected chi connectivity index (χ1v) is 14.8. The molecule has 0 bridgehead atoms. The number of carbonyl (C=O) groups is 1. The van der Waals surface area contributed by atoms with Gasteiger partial charge in [0.15, 0.2) is 0 Å². The molecule has 2 aromatic carbocycles. The maximum Gasteiger partial charge on any atom is 0.320 e. The van der Waals surface area contributed by atoms with Crippen molar-refractivity contribution in [2.45, 2.75) is 69.7 Å². The van der Waals surface area contributed by atoms with E-state index in [0.29, 0.717) is 37.8 Å². The monoisotopic (exact) mass is 560 g/mol. The predicted molar refractivity (Wildman–Crippen MR) is 146 cm³/mol. The summed E-state index contributed by atoms with van der Waals surface area (Å²) in [6.07, 6.45) is 7.86. The molecule has 2 aliphatic heterocycles. The van der Waals surface area contributed by atoms with E-state index in [1.807, 2.05) is 6.07 Å². The van der Waals surface area contributed by atoms with Gasteiger partial charge in [0.1, 0.15) is 29.3 Å². The number of aliphatic carboxylic acids is 1. The largest absolute Gasteiger partial charge is 0.480 e. The second-order valence-electron chi connectivity index (χ2n) is 12.2. The van der Waals surface area contributed by atoms with Gasteiger partial charge < -0.3 is 10.0 Å². The smallest absolute Gasteiger partial charge is 0.320 e. The molecule has 0 unspecified atom stereocenters. The van der Waals surface area contributed by atoms with Gasteiger partial charge in [-0.3, -0.25) is 9.69 Å². The summed E-state index contributed by atoms with van der Waals surface area (Å²) in [5.41, 5.74) is 0.903. The van der Waals surface area contributed by atoms with E-state index in [-0.39, 0.29) is 29.6 Å². The zero-order chi connectivity index (χ0) is 28.2. The third-order valence-electron chi connectivity index (χ3n) is 9.60. The minimum absolute atomic E-state index is 0.0370. The molecular formula is C32H40F4N2O2. The average molecular weight is 561 g/mol. The van der Waals surface area contributed by atoms with Crippen molar-refractivity contribution in [1.82, 2.24) is 9.80 Å². The Morgan fingerprint density at radius 2 is 1.65 bits per heavy atom. The number of hydrogen-bond donors (Lipinski definition) is 1. The summed E-state index contributed by atoms with van der Waals surface area (Å²) in [6, 6.07) is 7.74. The van der Waals surface area contributed by atoms with E-state index < -0.39 is 29.5 Å². The SMILES string of the molecule is O=C(O)[C@@H](CC1CCC1)N1C[C@H](CN2CCC(CCCc3c(F)cc(F)cc3F)CC2)[C@@H](c2cccc(F)c2)C1. The lowest BCUT2D eigenvalue weighted by Gasteiger charge is -2.35. The fraction of sp³-hybridized carbons (Fsp3) is 0.594. The Bertz CT molecular complexity index is 1140. The van der Waals surface area contributed by atoms with Crippen molar-refractivity contribution in [3.63, 3.8) is 0 Å². The lowest BCUT2D eigenvalue weighted by Crippen LogP contribution is -2.43. The van der Waals surface area contributed by atoms with Gasteiger partial charge in [0.05, 0.1) is 0 Å². The third kappa shape index (κ3) is 7.06. The van der Waals surface area contributed by atoms with Crippen LogP contribution >= 0.6 is 0 Å². The fourth-order valence-corrected chi connectivity index (χ4v) is 7.08. The maximum absolute atomic E-state index is 14.2. The lowest BCUT2D eigenvalue weighted by molar-refractivity contribution is -0.144. The van der Waals surface area contributed by atoms with E-state index in [9.17, 15) is 27.5 Å².